The van der Waals surface area contributed by atoms with Crippen molar-refractivity contribution in [3.05, 3.63) is 76.3 Å². The molecule has 5 nitrogen and oxygen atoms in total. The Bertz CT molecular complexity index is 948. The smallest absolute Gasteiger partial charge is 0.212 e. The van der Waals surface area contributed by atoms with Gasteiger partial charge in [-0.05, 0) is 42.0 Å². The Morgan fingerprint density at radius 3 is 2.42 bits per heavy atom. The zero-order chi connectivity index (χ0) is 18.7. The van der Waals surface area contributed by atoms with E-state index in [-0.39, 0.29) is 10.8 Å². The molecule has 0 unspecified atom stereocenters. The van der Waals surface area contributed by atoms with Gasteiger partial charge in [-0.25, -0.2) is 9.67 Å². The minimum Gasteiger partial charge on any atom is -0.378 e. The number of allylic oxidation sites excluding steroid dienone is 1. The number of anilines is 1. The number of nitrogens with zero attached hydrogens (tertiary/aromatic N) is 4. The first-order valence-electron chi connectivity index (χ1n) is 7.79. The van der Waals surface area contributed by atoms with Gasteiger partial charge in [0, 0.05) is 30.4 Å². The van der Waals surface area contributed by atoms with E-state index in [1.807, 2.05) is 43.3 Å². The van der Waals surface area contributed by atoms with E-state index in [4.69, 9.17) is 23.2 Å². The predicted molar refractivity (Wildman–Crippen MR) is 106 cm³/mol. The van der Waals surface area contributed by atoms with Gasteiger partial charge in [0.15, 0.2) is 0 Å². The van der Waals surface area contributed by atoms with Gasteiger partial charge in [-0.15, -0.1) is 0 Å². The molecule has 2 aromatic carbocycles. The summed E-state index contributed by atoms with van der Waals surface area (Å²) in [4.78, 5) is 19.0. The summed E-state index contributed by atoms with van der Waals surface area (Å²) >= 11 is 12.1. The van der Waals surface area contributed by atoms with Crippen molar-refractivity contribution in [1.82, 2.24) is 14.8 Å². The topological polar surface area (TPSA) is 51.0 Å². The molecule has 0 N–H and O–H groups in total. The summed E-state index contributed by atoms with van der Waals surface area (Å²) in [5, 5.41) is 4.85. The highest BCUT2D eigenvalue weighted by atomic mass is 35.5. The molecule has 0 saturated carbocycles. The monoisotopic (exact) mass is 386 g/mol. The van der Waals surface area contributed by atoms with Gasteiger partial charge >= 0.3 is 0 Å². The molecule has 1 aromatic heterocycles. The summed E-state index contributed by atoms with van der Waals surface area (Å²) in [5.74, 6) is -0.270. The minimum atomic E-state index is -0.270. The Morgan fingerprint density at radius 2 is 1.85 bits per heavy atom. The maximum absolute atomic E-state index is 13.1. The molecule has 26 heavy (non-hydrogen) atoms. The summed E-state index contributed by atoms with van der Waals surface area (Å²) in [6.07, 6.45) is 4.60. The molecule has 0 aliphatic rings. The number of carbonyl (C=O) groups is 1. The molecule has 0 atom stereocenters. The van der Waals surface area contributed by atoms with Crippen molar-refractivity contribution in [2.45, 2.75) is 0 Å². The van der Waals surface area contributed by atoms with Crippen LogP contribution in [0.5, 0.6) is 0 Å². The highest BCUT2D eigenvalue weighted by Crippen LogP contribution is 2.26. The third-order valence-electron chi connectivity index (χ3n) is 3.79. The third kappa shape index (κ3) is 3.95. The van der Waals surface area contributed by atoms with Crippen LogP contribution in [0, 0.1) is 0 Å². The lowest BCUT2D eigenvalue weighted by molar-refractivity contribution is 0.105. The Kier molecular flexibility index (Phi) is 5.40. The fourth-order valence-electron chi connectivity index (χ4n) is 2.41. The average molecular weight is 387 g/mol. The lowest BCUT2D eigenvalue weighted by Crippen LogP contribution is -2.11. The van der Waals surface area contributed by atoms with Gasteiger partial charge in [0.1, 0.15) is 18.4 Å². The van der Waals surface area contributed by atoms with E-state index >= 15 is 0 Å². The molecule has 0 amide bonds. The van der Waals surface area contributed by atoms with Gasteiger partial charge in [0.2, 0.25) is 5.78 Å². The van der Waals surface area contributed by atoms with Crippen LogP contribution in [0.2, 0.25) is 10.0 Å². The third-order valence-corrected chi connectivity index (χ3v) is 4.33. The van der Waals surface area contributed by atoms with Crippen LogP contribution in [0.15, 0.2) is 55.1 Å². The summed E-state index contributed by atoms with van der Waals surface area (Å²) in [6, 6.07) is 12.6. The van der Waals surface area contributed by atoms with Crippen molar-refractivity contribution in [1.29, 1.82) is 0 Å². The van der Waals surface area contributed by atoms with Gasteiger partial charge in [0.25, 0.3) is 0 Å². The lowest BCUT2D eigenvalue weighted by atomic mass is 10.1. The molecule has 1 heterocycles. The van der Waals surface area contributed by atoms with E-state index in [0.717, 1.165) is 11.3 Å². The van der Waals surface area contributed by atoms with Gasteiger partial charge in [-0.1, -0.05) is 35.3 Å². The Hall–Kier alpha value is -2.63. The number of aromatic nitrogens is 3. The number of hydrogen-bond donors (Lipinski definition) is 0. The Morgan fingerprint density at radius 1 is 1.12 bits per heavy atom. The summed E-state index contributed by atoms with van der Waals surface area (Å²) in [6.45, 7) is 0. The van der Waals surface area contributed by atoms with Crippen LogP contribution in [0.1, 0.15) is 15.9 Å². The number of halogens is 2. The highest BCUT2D eigenvalue weighted by Gasteiger charge is 2.18. The number of benzene rings is 2. The maximum atomic E-state index is 13.1. The van der Waals surface area contributed by atoms with Crippen LogP contribution in [0.3, 0.4) is 0 Å². The highest BCUT2D eigenvalue weighted by molar-refractivity contribution is 6.40. The van der Waals surface area contributed by atoms with E-state index in [9.17, 15) is 4.79 Å². The molecular formula is C19H16Cl2N4O. The summed E-state index contributed by atoms with van der Waals surface area (Å²) in [7, 11) is 3.94. The van der Waals surface area contributed by atoms with Crippen molar-refractivity contribution >= 4 is 46.4 Å². The predicted octanol–water partition coefficient (Wildman–Crippen LogP) is 4.53. The second-order valence-corrected chi connectivity index (χ2v) is 6.65. The lowest BCUT2D eigenvalue weighted by Gasteiger charge is -2.12. The van der Waals surface area contributed by atoms with Crippen LogP contribution in [-0.4, -0.2) is 34.6 Å². The van der Waals surface area contributed by atoms with Crippen molar-refractivity contribution in [2.24, 2.45) is 0 Å². The number of ketones is 1. The summed E-state index contributed by atoms with van der Waals surface area (Å²) < 4.78 is 1.42. The molecule has 7 heteroatoms. The number of rotatable bonds is 5. The average Bonchev–Trinajstić information content (AvgIpc) is 3.14. The van der Waals surface area contributed by atoms with Crippen molar-refractivity contribution in [2.75, 3.05) is 19.0 Å². The van der Waals surface area contributed by atoms with Gasteiger partial charge in [-0.3, -0.25) is 4.79 Å². The fraction of sp³-hybridized carbons (Fsp3) is 0.105. The van der Waals surface area contributed by atoms with Gasteiger partial charge < -0.3 is 4.90 Å². The second-order valence-electron chi connectivity index (χ2n) is 5.81. The molecule has 3 aromatic rings. The first-order chi connectivity index (χ1) is 12.5. The Balaban J connectivity index is 2.04. The summed E-state index contributed by atoms with van der Waals surface area (Å²) in [5.41, 5.74) is 2.61. The molecule has 3 rings (SSSR count). The quantitative estimate of drug-likeness (QED) is 0.477. The van der Waals surface area contributed by atoms with E-state index in [1.54, 1.807) is 24.3 Å². The van der Waals surface area contributed by atoms with E-state index in [1.165, 1.54) is 17.3 Å². The first kappa shape index (κ1) is 18.2. The van der Waals surface area contributed by atoms with Crippen LogP contribution in [-0.2, 0) is 0 Å². The Labute approximate surface area is 161 Å². The van der Waals surface area contributed by atoms with Crippen molar-refractivity contribution in [3.8, 4) is 0 Å². The number of Topliss-reactive ketones (excluding diaryl/α,β-unsaturated/α-hetero) is 1. The largest absolute Gasteiger partial charge is 0.378 e. The minimum absolute atomic E-state index is 0.270. The van der Waals surface area contributed by atoms with Crippen LogP contribution >= 0.6 is 23.2 Å². The molecule has 0 aliphatic heterocycles. The van der Waals surface area contributed by atoms with Crippen LogP contribution in [0.25, 0.3) is 11.8 Å². The molecule has 0 bridgehead atoms. The second kappa shape index (κ2) is 7.72. The zero-order valence-electron chi connectivity index (χ0n) is 14.2. The van der Waals surface area contributed by atoms with Crippen molar-refractivity contribution in [3.63, 3.8) is 0 Å². The van der Waals surface area contributed by atoms with Gasteiger partial charge in [-0.2, -0.15) is 5.10 Å². The van der Waals surface area contributed by atoms with Crippen LogP contribution < -0.4 is 4.90 Å². The molecule has 0 aliphatic carbocycles. The number of hydrogen-bond acceptors (Lipinski definition) is 4. The standard InChI is InChI=1S/C19H16Cl2N4O/c1-24(2)15-6-3-13(4-7-15)9-18(25-12-22-11-23-25)19(26)16-8-5-14(20)10-17(16)21/h3-12H,1-2H3. The van der Waals surface area contributed by atoms with E-state index in [2.05, 4.69) is 10.1 Å². The molecule has 0 radical (unpaired) electrons. The van der Waals surface area contributed by atoms with Gasteiger partial charge in [0.05, 0.1) is 5.02 Å². The molecule has 132 valence electrons. The first-order valence-corrected chi connectivity index (χ1v) is 8.55. The van der Waals surface area contributed by atoms with E-state index in [0.29, 0.717) is 16.3 Å². The van der Waals surface area contributed by atoms with E-state index < -0.39 is 0 Å². The zero-order valence-corrected chi connectivity index (χ0v) is 15.7. The normalized spacial score (nSPS) is 11.5. The molecular weight excluding hydrogens is 371 g/mol. The molecule has 0 spiro atoms. The number of carbonyl (C=O) groups excluding carboxylic acids is 1. The maximum Gasteiger partial charge on any atom is 0.212 e. The SMILES string of the molecule is CN(C)c1ccc(C=C(C(=O)c2ccc(Cl)cc2Cl)n2cncn2)cc1. The fourth-order valence-corrected chi connectivity index (χ4v) is 2.90. The molecule has 0 saturated heterocycles. The van der Waals surface area contributed by atoms with Crippen LogP contribution in [0.4, 0.5) is 5.69 Å². The van der Waals surface area contributed by atoms with Crippen molar-refractivity contribution < 1.29 is 4.79 Å². The molecule has 0 fully saturated rings.